The van der Waals surface area contributed by atoms with Crippen LogP contribution in [0.2, 0.25) is 0 Å². The fraction of sp³-hybridized carbons (Fsp3) is 0.500. The number of rotatable bonds is 0. The van der Waals surface area contributed by atoms with Crippen molar-refractivity contribution in [2.45, 2.75) is 18.7 Å². The van der Waals surface area contributed by atoms with Crippen LogP contribution in [0.4, 0.5) is 39.5 Å². The average molecular weight is 287 g/mol. The maximum absolute atomic E-state index is 12.1. The highest BCUT2D eigenvalue weighted by Crippen LogP contribution is 2.32. The lowest BCUT2D eigenvalue weighted by Crippen LogP contribution is -2.50. The Labute approximate surface area is 92.5 Å². The highest BCUT2D eigenvalue weighted by molar-refractivity contribution is 6.00. The summed E-state index contributed by atoms with van der Waals surface area (Å²) in [4.78, 5) is 0. The lowest BCUT2D eigenvalue weighted by molar-refractivity contribution is -0.267. The number of hydrogen-bond donors (Lipinski definition) is 1. The van der Waals surface area contributed by atoms with Gasteiger partial charge in [0.25, 0.3) is 0 Å². The summed E-state index contributed by atoms with van der Waals surface area (Å²) < 4.78 is 109. The molecule has 12 heteroatoms. The number of nitrogens with zero attached hydrogens (tertiary/aromatic N) is 2. The van der Waals surface area contributed by atoms with Gasteiger partial charge in [-0.25, -0.2) is 0 Å². The fourth-order valence-electron chi connectivity index (χ4n) is 0.849. The maximum Gasteiger partial charge on any atom is 0.519 e. The summed E-state index contributed by atoms with van der Waals surface area (Å²) in [5.74, 6) is 0. The van der Waals surface area contributed by atoms with Gasteiger partial charge in [0.2, 0.25) is 0 Å². The number of hydrazone groups is 1. The van der Waals surface area contributed by atoms with Gasteiger partial charge in [0, 0.05) is 6.08 Å². The number of alkyl halides is 9. The molecule has 0 amide bonds. The predicted molar refractivity (Wildman–Crippen MR) is 38.7 cm³/mol. The quantitative estimate of drug-likeness (QED) is 0.548. The van der Waals surface area contributed by atoms with E-state index in [1.165, 1.54) is 0 Å². The Kier molecular flexibility index (Phi) is 3.17. The lowest BCUT2D eigenvalue weighted by atomic mass is 10.2. The molecule has 0 fully saturated rings. The van der Waals surface area contributed by atoms with Gasteiger partial charge in [-0.2, -0.15) is 26.3 Å². The molecule has 1 aliphatic rings. The van der Waals surface area contributed by atoms with Gasteiger partial charge in [0.1, 0.15) is 5.70 Å². The van der Waals surface area contributed by atoms with Gasteiger partial charge in [0.15, 0.2) is 5.71 Å². The van der Waals surface area contributed by atoms with Crippen LogP contribution in [0.5, 0.6) is 0 Å². The van der Waals surface area contributed by atoms with E-state index >= 15 is 0 Å². The third-order valence-electron chi connectivity index (χ3n) is 1.55. The normalized spacial score (nSPS) is 18.2. The van der Waals surface area contributed by atoms with E-state index in [1.807, 2.05) is 5.10 Å². The van der Waals surface area contributed by atoms with Crippen LogP contribution >= 0.6 is 0 Å². The summed E-state index contributed by atoms with van der Waals surface area (Å²) in [6, 6.07) is 0. The molecule has 0 spiro atoms. The standard InChI is InChI=1S/C6H2F9N3/c7-4(8,9)2-1-3(5(10,11)12)17-18(16-2)6(13,14)15/h1,16H. The molecule has 1 N–H and O–H groups in total. The predicted octanol–water partition coefficient (Wildman–Crippen LogP) is 2.69. The smallest absolute Gasteiger partial charge is 0.270 e. The van der Waals surface area contributed by atoms with E-state index in [0.29, 0.717) is 5.43 Å². The Morgan fingerprint density at radius 3 is 1.72 bits per heavy atom. The zero-order chi connectivity index (χ0) is 14.4. The van der Waals surface area contributed by atoms with E-state index in [1.54, 1.807) is 0 Å². The molecule has 0 radical (unpaired) electrons. The van der Waals surface area contributed by atoms with E-state index in [9.17, 15) is 39.5 Å². The van der Waals surface area contributed by atoms with Crippen molar-refractivity contribution in [3.05, 3.63) is 11.8 Å². The SMILES string of the molecule is FC(F)(F)C1=CC(C(F)(F)F)=NN(C(F)(F)F)N1. The zero-order valence-electron chi connectivity index (χ0n) is 7.87. The van der Waals surface area contributed by atoms with Gasteiger partial charge in [-0.05, 0) is 0 Å². The molecule has 0 saturated carbocycles. The second-order valence-corrected chi connectivity index (χ2v) is 2.93. The maximum atomic E-state index is 12.1. The van der Waals surface area contributed by atoms with E-state index in [4.69, 9.17) is 0 Å². The molecule has 1 aliphatic heterocycles. The molecular weight excluding hydrogens is 285 g/mol. The number of nitrogens with one attached hydrogen (secondary N) is 1. The lowest BCUT2D eigenvalue weighted by Gasteiger charge is -2.29. The first-order valence-electron chi connectivity index (χ1n) is 3.90. The summed E-state index contributed by atoms with van der Waals surface area (Å²) in [5, 5.41) is 0.541. The monoisotopic (exact) mass is 287 g/mol. The minimum absolute atomic E-state index is 0.553. The largest absolute Gasteiger partial charge is 0.519 e. The second kappa shape index (κ2) is 3.95. The van der Waals surface area contributed by atoms with Crippen LogP contribution in [0.25, 0.3) is 0 Å². The van der Waals surface area contributed by atoms with Crippen LogP contribution in [0.1, 0.15) is 0 Å². The second-order valence-electron chi connectivity index (χ2n) is 2.93. The summed E-state index contributed by atoms with van der Waals surface area (Å²) in [7, 11) is 0. The molecule has 0 atom stereocenters. The number of hydrazine groups is 1. The minimum Gasteiger partial charge on any atom is -0.270 e. The first-order valence-corrected chi connectivity index (χ1v) is 3.90. The van der Waals surface area contributed by atoms with Crippen molar-refractivity contribution in [2.75, 3.05) is 0 Å². The number of hydrogen-bond acceptors (Lipinski definition) is 3. The molecule has 0 aromatic heterocycles. The molecule has 0 unspecified atom stereocenters. The third-order valence-corrected chi connectivity index (χ3v) is 1.55. The highest BCUT2D eigenvalue weighted by atomic mass is 19.4. The molecule has 0 bridgehead atoms. The molecule has 1 rings (SSSR count). The van der Waals surface area contributed by atoms with Gasteiger partial charge in [-0.15, -0.1) is 23.4 Å². The topological polar surface area (TPSA) is 27.6 Å². The molecule has 0 aromatic carbocycles. The highest BCUT2D eigenvalue weighted by Gasteiger charge is 2.48. The third kappa shape index (κ3) is 3.20. The molecule has 1 heterocycles. The molecule has 18 heavy (non-hydrogen) atoms. The van der Waals surface area contributed by atoms with Crippen molar-refractivity contribution in [1.29, 1.82) is 0 Å². The van der Waals surface area contributed by atoms with E-state index in [-0.39, 0.29) is 0 Å². The first kappa shape index (κ1) is 14.4. The Balaban J connectivity index is 3.21. The van der Waals surface area contributed by atoms with Crippen molar-refractivity contribution in [3.63, 3.8) is 0 Å². The molecule has 0 saturated heterocycles. The van der Waals surface area contributed by atoms with Crippen molar-refractivity contribution in [3.8, 4) is 0 Å². The molecular formula is C6H2F9N3. The number of halogens is 9. The van der Waals surface area contributed by atoms with Crippen LogP contribution in [0.15, 0.2) is 16.9 Å². The summed E-state index contributed by atoms with van der Waals surface area (Å²) in [6.45, 7) is 0. The van der Waals surface area contributed by atoms with Crippen LogP contribution in [0.3, 0.4) is 0 Å². The van der Waals surface area contributed by atoms with E-state index < -0.39 is 41.3 Å². The fourth-order valence-corrected chi connectivity index (χ4v) is 0.849. The Hall–Kier alpha value is -1.62. The Bertz CT molecular complexity index is 385. The van der Waals surface area contributed by atoms with Gasteiger partial charge < -0.3 is 0 Å². The van der Waals surface area contributed by atoms with Crippen molar-refractivity contribution in [2.24, 2.45) is 5.10 Å². The van der Waals surface area contributed by atoms with Crippen LogP contribution in [-0.4, -0.2) is 29.5 Å². The minimum atomic E-state index is -5.54. The molecule has 104 valence electrons. The van der Waals surface area contributed by atoms with E-state index in [2.05, 4.69) is 0 Å². The zero-order valence-corrected chi connectivity index (χ0v) is 7.87. The van der Waals surface area contributed by atoms with Gasteiger partial charge in [-0.3, -0.25) is 5.43 Å². The summed E-state index contributed by atoms with van der Waals surface area (Å²) in [6.07, 6.45) is -16.9. The van der Waals surface area contributed by atoms with Gasteiger partial charge in [-0.1, -0.05) is 0 Å². The number of allylic oxidation sites excluding steroid dienone is 2. The van der Waals surface area contributed by atoms with Crippen LogP contribution in [0, 0.1) is 0 Å². The van der Waals surface area contributed by atoms with Crippen molar-refractivity contribution in [1.82, 2.24) is 10.5 Å². The summed E-state index contributed by atoms with van der Waals surface area (Å²) >= 11 is 0. The van der Waals surface area contributed by atoms with E-state index in [0.717, 1.165) is 0 Å². The van der Waals surface area contributed by atoms with Crippen LogP contribution < -0.4 is 5.43 Å². The van der Waals surface area contributed by atoms with Crippen molar-refractivity contribution >= 4 is 5.71 Å². The Morgan fingerprint density at radius 1 is 0.889 bits per heavy atom. The molecule has 3 nitrogen and oxygen atoms in total. The van der Waals surface area contributed by atoms with Gasteiger partial charge >= 0.3 is 18.7 Å². The van der Waals surface area contributed by atoms with Gasteiger partial charge in [0.05, 0.1) is 0 Å². The first-order chi connectivity index (χ1) is 7.82. The molecule has 0 aliphatic carbocycles. The molecule has 0 aromatic rings. The van der Waals surface area contributed by atoms with Crippen LogP contribution in [-0.2, 0) is 0 Å². The summed E-state index contributed by atoms with van der Waals surface area (Å²) in [5.41, 5.74) is -3.84. The average Bonchev–Trinajstić information content (AvgIpc) is 2.13. The van der Waals surface area contributed by atoms with Crippen molar-refractivity contribution < 1.29 is 39.5 Å². The Morgan fingerprint density at radius 2 is 1.39 bits per heavy atom.